The zero-order valence-electron chi connectivity index (χ0n) is 12.8. The zero-order valence-corrected chi connectivity index (χ0v) is 13.6. The van der Waals surface area contributed by atoms with E-state index in [1.807, 2.05) is 0 Å². The first-order valence-corrected chi connectivity index (χ1v) is 6.92. The molecule has 0 saturated carbocycles. The fraction of sp³-hybridized carbons (Fsp3) is 0.308. The average Bonchev–Trinajstić information content (AvgIpc) is 2.86. The van der Waals surface area contributed by atoms with Crippen LogP contribution in [0.5, 0.6) is 0 Å². The highest BCUT2D eigenvalue weighted by Gasteiger charge is 2.14. The quantitative estimate of drug-likeness (QED) is 0.581. The SMILES string of the molecule is CON=C/C(C)=N/OCc1c(Cl)cccc1-n1nnn(C)c1=O. The van der Waals surface area contributed by atoms with Crippen molar-refractivity contribution in [2.75, 3.05) is 7.11 Å². The molecule has 0 atom stereocenters. The summed E-state index contributed by atoms with van der Waals surface area (Å²) in [7, 11) is 2.94. The van der Waals surface area contributed by atoms with E-state index >= 15 is 0 Å². The molecule has 0 amide bonds. The van der Waals surface area contributed by atoms with Crippen LogP contribution in [-0.2, 0) is 23.3 Å². The first-order chi connectivity index (χ1) is 11.0. The molecular weight excluding hydrogens is 324 g/mol. The Balaban J connectivity index is 2.27. The first kappa shape index (κ1) is 16.7. The van der Waals surface area contributed by atoms with Crippen molar-refractivity contribution in [2.24, 2.45) is 17.4 Å². The number of aromatic nitrogens is 4. The van der Waals surface area contributed by atoms with Crippen molar-refractivity contribution < 1.29 is 9.68 Å². The van der Waals surface area contributed by atoms with E-state index in [1.54, 1.807) is 25.1 Å². The van der Waals surface area contributed by atoms with E-state index in [0.29, 0.717) is 22.0 Å². The van der Waals surface area contributed by atoms with E-state index in [0.717, 1.165) is 9.36 Å². The van der Waals surface area contributed by atoms with Gasteiger partial charge in [0.2, 0.25) is 0 Å². The summed E-state index contributed by atoms with van der Waals surface area (Å²) in [6, 6.07) is 5.10. The molecule has 0 aliphatic rings. The number of hydrogen-bond donors (Lipinski definition) is 0. The van der Waals surface area contributed by atoms with Gasteiger partial charge in [-0.3, -0.25) is 0 Å². The van der Waals surface area contributed by atoms with Gasteiger partial charge in [-0.05, 0) is 29.5 Å². The second-order valence-electron chi connectivity index (χ2n) is 4.46. The maximum Gasteiger partial charge on any atom is 0.368 e. The maximum absolute atomic E-state index is 12.0. The van der Waals surface area contributed by atoms with Crippen molar-refractivity contribution in [3.63, 3.8) is 0 Å². The Morgan fingerprint density at radius 3 is 2.87 bits per heavy atom. The molecule has 0 aliphatic carbocycles. The van der Waals surface area contributed by atoms with E-state index in [9.17, 15) is 4.79 Å². The third kappa shape index (κ3) is 3.95. The smallest absolute Gasteiger partial charge is 0.368 e. The Kier molecular flexibility index (Phi) is 5.47. The lowest BCUT2D eigenvalue weighted by Gasteiger charge is -2.09. The summed E-state index contributed by atoms with van der Waals surface area (Å²) in [5.74, 6) is 0. The number of rotatable bonds is 6. The van der Waals surface area contributed by atoms with Crippen LogP contribution in [-0.4, -0.2) is 38.8 Å². The molecule has 0 spiro atoms. The molecule has 0 aliphatic heterocycles. The van der Waals surface area contributed by atoms with Crippen molar-refractivity contribution in [3.8, 4) is 5.69 Å². The van der Waals surface area contributed by atoms with Gasteiger partial charge in [-0.2, -0.15) is 9.36 Å². The number of benzene rings is 1. The van der Waals surface area contributed by atoms with Crippen molar-refractivity contribution in [2.45, 2.75) is 13.5 Å². The van der Waals surface area contributed by atoms with E-state index in [4.69, 9.17) is 16.4 Å². The lowest BCUT2D eigenvalue weighted by molar-refractivity contribution is 0.131. The molecule has 0 bridgehead atoms. The lowest BCUT2D eigenvalue weighted by atomic mass is 10.2. The number of oxime groups is 2. The Labute approximate surface area is 136 Å². The summed E-state index contributed by atoms with van der Waals surface area (Å²) in [5, 5.41) is 15.3. The molecule has 0 radical (unpaired) electrons. The number of halogens is 1. The van der Waals surface area contributed by atoms with Crippen LogP contribution in [0.15, 0.2) is 33.3 Å². The minimum atomic E-state index is -0.388. The molecule has 0 unspecified atom stereocenters. The van der Waals surface area contributed by atoms with Crippen LogP contribution in [0.3, 0.4) is 0 Å². The first-order valence-electron chi connectivity index (χ1n) is 6.54. The van der Waals surface area contributed by atoms with Gasteiger partial charge in [0.25, 0.3) is 0 Å². The highest BCUT2D eigenvalue weighted by molar-refractivity contribution is 6.31. The third-order valence-electron chi connectivity index (χ3n) is 2.81. The fourth-order valence-corrected chi connectivity index (χ4v) is 1.93. The normalized spacial score (nSPS) is 11.9. The van der Waals surface area contributed by atoms with Crippen molar-refractivity contribution in [3.05, 3.63) is 39.3 Å². The Bertz CT molecular complexity index is 795. The van der Waals surface area contributed by atoms with Crippen LogP contribution >= 0.6 is 11.6 Å². The van der Waals surface area contributed by atoms with E-state index in [1.165, 1.54) is 20.4 Å². The van der Waals surface area contributed by atoms with E-state index < -0.39 is 0 Å². The monoisotopic (exact) mass is 338 g/mol. The molecular formula is C13H15ClN6O3. The summed E-state index contributed by atoms with van der Waals surface area (Å²) in [6.45, 7) is 1.75. The number of tetrazole rings is 1. The molecule has 1 heterocycles. The predicted octanol–water partition coefficient (Wildman–Crippen LogP) is 1.14. The Morgan fingerprint density at radius 1 is 1.43 bits per heavy atom. The van der Waals surface area contributed by atoms with Gasteiger partial charge in [0.1, 0.15) is 13.7 Å². The van der Waals surface area contributed by atoms with Crippen molar-refractivity contribution in [1.82, 2.24) is 19.8 Å². The molecule has 23 heavy (non-hydrogen) atoms. The van der Waals surface area contributed by atoms with Gasteiger partial charge in [0, 0.05) is 17.6 Å². The van der Waals surface area contributed by atoms with Crippen LogP contribution in [0.4, 0.5) is 0 Å². The number of hydrogen-bond acceptors (Lipinski definition) is 7. The van der Waals surface area contributed by atoms with E-state index in [-0.39, 0.29) is 12.3 Å². The predicted molar refractivity (Wildman–Crippen MR) is 85.0 cm³/mol. The average molecular weight is 339 g/mol. The van der Waals surface area contributed by atoms with Crippen LogP contribution in [0.2, 0.25) is 5.02 Å². The number of nitrogens with zero attached hydrogens (tertiary/aromatic N) is 6. The van der Waals surface area contributed by atoms with Gasteiger partial charge in [-0.25, -0.2) is 4.79 Å². The molecule has 10 heteroatoms. The minimum Gasteiger partial charge on any atom is -0.399 e. The standard InChI is InChI=1S/C13H15ClN6O3/c1-9(7-15-22-3)16-23-8-10-11(14)5-4-6-12(10)20-13(21)19(2)17-18-20/h4-7H,8H2,1-3H3/b15-7?,16-9+. The van der Waals surface area contributed by atoms with Crippen LogP contribution in [0.25, 0.3) is 5.69 Å². The molecule has 1 aromatic carbocycles. The third-order valence-corrected chi connectivity index (χ3v) is 3.16. The van der Waals surface area contributed by atoms with Crippen LogP contribution in [0, 0.1) is 0 Å². The highest BCUT2D eigenvalue weighted by Crippen LogP contribution is 2.23. The van der Waals surface area contributed by atoms with Crippen LogP contribution < -0.4 is 5.69 Å². The largest absolute Gasteiger partial charge is 0.399 e. The van der Waals surface area contributed by atoms with Crippen LogP contribution in [0.1, 0.15) is 12.5 Å². The van der Waals surface area contributed by atoms with Gasteiger partial charge in [-0.1, -0.05) is 28.0 Å². The summed E-state index contributed by atoms with van der Waals surface area (Å²) in [5.41, 5.74) is 1.17. The van der Waals surface area contributed by atoms with Gasteiger partial charge in [0.05, 0.1) is 17.6 Å². The lowest BCUT2D eigenvalue weighted by Crippen LogP contribution is -2.23. The minimum absolute atomic E-state index is 0.0518. The Hall–Kier alpha value is -2.68. The van der Waals surface area contributed by atoms with Gasteiger partial charge >= 0.3 is 5.69 Å². The van der Waals surface area contributed by atoms with Gasteiger partial charge < -0.3 is 9.68 Å². The maximum atomic E-state index is 12.0. The molecule has 2 aromatic rings. The summed E-state index contributed by atoms with van der Waals surface area (Å²) >= 11 is 6.19. The zero-order chi connectivity index (χ0) is 16.8. The second kappa shape index (κ2) is 7.54. The fourth-order valence-electron chi connectivity index (χ4n) is 1.70. The summed E-state index contributed by atoms with van der Waals surface area (Å²) in [6.07, 6.45) is 1.40. The van der Waals surface area contributed by atoms with Crippen molar-refractivity contribution in [1.29, 1.82) is 0 Å². The molecule has 122 valence electrons. The second-order valence-corrected chi connectivity index (χ2v) is 4.86. The molecule has 0 saturated heterocycles. The topological polar surface area (TPSA) is 95.9 Å². The molecule has 0 N–H and O–H groups in total. The van der Waals surface area contributed by atoms with Gasteiger partial charge in [-0.15, -0.1) is 0 Å². The number of aryl methyl sites for hydroxylation is 1. The molecule has 0 fully saturated rings. The molecule has 9 nitrogen and oxygen atoms in total. The Morgan fingerprint density at radius 2 is 2.22 bits per heavy atom. The van der Waals surface area contributed by atoms with Crippen molar-refractivity contribution >= 4 is 23.5 Å². The highest BCUT2D eigenvalue weighted by atomic mass is 35.5. The summed E-state index contributed by atoms with van der Waals surface area (Å²) < 4.78 is 2.27. The molecule has 2 rings (SSSR count). The molecule has 1 aromatic heterocycles. The summed E-state index contributed by atoms with van der Waals surface area (Å²) in [4.78, 5) is 21.8. The van der Waals surface area contributed by atoms with Gasteiger partial charge in [0.15, 0.2) is 0 Å². The van der Waals surface area contributed by atoms with E-state index in [2.05, 4.69) is 25.6 Å².